The molecule has 1 N–H and O–H groups in total. The van der Waals surface area contributed by atoms with Crippen LogP contribution in [0.4, 0.5) is 0 Å². The molecule has 0 saturated carbocycles. The van der Waals surface area contributed by atoms with Crippen LogP contribution in [0.3, 0.4) is 0 Å². The van der Waals surface area contributed by atoms with Gasteiger partial charge in [-0.25, -0.2) is 4.79 Å². The summed E-state index contributed by atoms with van der Waals surface area (Å²) >= 11 is 0. The first-order chi connectivity index (χ1) is 19.9. The highest BCUT2D eigenvalue weighted by atomic mass is 16.5. The van der Waals surface area contributed by atoms with E-state index in [-0.39, 0.29) is 17.6 Å². The summed E-state index contributed by atoms with van der Waals surface area (Å²) < 4.78 is 17.5. The smallest absolute Gasteiger partial charge is 0.336 e. The van der Waals surface area contributed by atoms with E-state index in [4.69, 9.17) is 14.2 Å². The topological polar surface area (TPSA) is 73.9 Å². The summed E-state index contributed by atoms with van der Waals surface area (Å²) in [5.41, 5.74) is 5.60. The number of carbonyl (C=O) groups is 2. The Balaban J connectivity index is 1.53. The first kappa shape index (κ1) is 28.2. The molecule has 2 aliphatic rings. The normalized spacial score (nSPS) is 18.6. The number of carbonyl (C=O) groups excluding carboxylic acids is 2. The van der Waals surface area contributed by atoms with E-state index in [0.29, 0.717) is 54.4 Å². The van der Waals surface area contributed by atoms with Crippen LogP contribution in [0.5, 0.6) is 11.5 Å². The van der Waals surface area contributed by atoms with E-state index in [1.165, 1.54) is 0 Å². The molecule has 41 heavy (non-hydrogen) atoms. The lowest BCUT2D eigenvalue weighted by Gasteiger charge is -2.37. The molecule has 0 aromatic heterocycles. The van der Waals surface area contributed by atoms with Gasteiger partial charge in [0.1, 0.15) is 6.61 Å². The second kappa shape index (κ2) is 12.5. The van der Waals surface area contributed by atoms with Gasteiger partial charge in [-0.1, -0.05) is 80.6 Å². The average molecular weight is 552 g/mol. The third-order valence-electron chi connectivity index (χ3n) is 7.62. The molecule has 0 radical (unpaired) electrons. The third kappa shape index (κ3) is 6.22. The monoisotopic (exact) mass is 551 g/mol. The molecule has 6 nitrogen and oxygen atoms in total. The SMILES string of the molecule is COc1cc(C2C(C(=O)OCC(C)C)=C(C)NC3=C2C(=O)CC(c2ccccc2)C3)ccc1OCc1ccccc1. The fraction of sp³-hybridized carbons (Fsp3) is 0.314. The number of Topliss-reactive ketones (excluding diaryl/α,β-unsaturated/α-hetero) is 1. The molecule has 2 unspecified atom stereocenters. The number of dihydropyridines is 1. The predicted octanol–water partition coefficient (Wildman–Crippen LogP) is 6.84. The fourth-order valence-electron chi connectivity index (χ4n) is 5.64. The van der Waals surface area contributed by atoms with Crippen LogP contribution in [0, 0.1) is 5.92 Å². The van der Waals surface area contributed by atoms with E-state index in [0.717, 1.165) is 22.4 Å². The minimum Gasteiger partial charge on any atom is -0.493 e. The molecule has 1 aliphatic heterocycles. The predicted molar refractivity (Wildman–Crippen MR) is 159 cm³/mol. The first-order valence-corrected chi connectivity index (χ1v) is 14.2. The Labute approximate surface area is 242 Å². The molecule has 212 valence electrons. The number of hydrogen-bond donors (Lipinski definition) is 1. The van der Waals surface area contributed by atoms with Crippen molar-refractivity contribution in [1.29, 1.82) is 0 Å². The van der Waals surface area contributed by atoms with Gasteiger partial charge in [-0.15, -0.1) is 0 Å². The maximum absolute atomic E-state index is 13.9. The van der Waals surface area contributed by atoms with Gasteiger partial charge in [0.25, 0.3) is 0 Å². The van der Waals surface area contributed by atoms with Gasteiger partial charge in [0, 0.05) is 29.3 Å². The zero-order valence-corrected chi connectivity index (χ0v) is 24.1. The van der Waals surface area contributed by atoms with Crippen molar-refractivity contribution in [2.45, 2.75) is 52.1 Å². The summed E-state index contributed by atoms with van der Waals surface area (Å²) in [6, 6.07) is 25.7. The van der Waals surface area contributed by atoms with Gasteiger partial charge in [-0.2, -0.15) is 0 Å². The van der Waals surface area contributed by atoms with Crippen molar-refractivity contribution in [3.8, 4) is 11.5 Å². The van der Waals surface area contributed by atoms with Crippen LogP contribution in [-0.4, -0.2) is 25.5 Å². The molecule has 5 rings (SSSR count). The Bertz CT molecular complexity index is 1470. The summed E-state index contributed by atoms with van der Waals surface area (Å²) in [4.78, 5) is 27.4. The highest BCUT2D eigenvalue weighted by Gasteiger charge is 2.41. The van der Waals surface area contributed by atoms with Crippen molar-refractivity contribution in [2.24, 2.45) is 5.92 Å². The van der Waals surface area contributed by atoms with E-state index >= 15 is 0 Å². The largest absolute Gasteiger partial charge is 0.493 e. The zero-order valence-electron chi connectivity index (χ0n) is 24.1. The number of hydrogen-bond acceptors (Lipinski definition) is 6. The Morgan fingerprint density at radius 3 is 2.32 bits per heavy atom. The molecular formula is C35H37NO5. The summed E-state index contributed by atoms with van der Waals surface area (Å²) in [6.07, 6.45) is 1.06. The number of ketones is 1. The number of esters is 1. The van der Waals surface area contributed by atoms with E-state index < -0.39 is 11.9 Å². The summed E-state index contributed by atoms with van der Waals surface area (Å²) in [5, 5.41) is 3.43. The molecule has 2 atom stereocenters. The van der Waals surface area contributed by atoms with Crippen molar-refractivity contribution in [2.75, 3.05) is 13.7 Å². The fourth-order valence-corrected chi connectivity index (χ4v) is 5.64. The Morgan fingerprint density at radius 2 is 1.63 bits per heavy atom. The zero-order chi connectivity index (χ0) is 28.9. The van der Waals surface area contributed by atoms with Gasteiger partial charge in [0.15, 0.2) is 17.3 Å². The standard InChI is InChI=1S/C35H37NO5/c1-22(2)20-41-35(38)32-23(3)36-28-17-27(25-13-9-6-10-14-25)18-29(37)34(28)33(32)26-15-16-30(31(19-26)39-4)40-21-24-11-7-5-8-12-24/h5-16,19,22,27,33,36H,17-18,20-21H2,1-4H3. The quantitative estimate of drug-likeness (QED) is 0.294. The molecular weight excluding hydrogens is 514 g/mol. The molecule has 0 amide bonds. The molecule has 0 saturated heterocycles. The van der Waals surface area contributed by atoms with Gasteiger partial charge >= 0.3 is 5.97 Å². The second-order valence-electron chi connectivity index (χ2n) is 11.1. The van der Waals surface area contributed by atoms with Crippen LogP contribution >= 0.6 is 0 Å². The van der Waals surface area contributed by atoms with E-state index in [1.807, 2.05) is 87.5 Å². The minimum absolute atomic E-state index is 0.0302. The van der Waals surface area contributed by atoms with Crippen molar-refractivity contribution >= 4 is 11.8 Å². The number of nitrogens with one attached hydrogen (secondary N) is 1. The van der Waals surface area contributed by atoms with Crippen molar-refractivity contribution in [3.05, 3.63) is 118 Å². The van der Waals surface area contributed by atoms with Gasteiger partial charge < -0.3 is 19.5 Å². The van der Waals surface area contributed by atoms with E-state index in [1.54, 1.807) is 7.11 Å². The van der Waals surface area contributed by atoms with Crippen LogP contribution in [0.15, 0.2) is 101 Å². The number of benzene rings is 3. The van der Waals surface area contributed by atoms with Crippen LogP contribution in [-0.2, 0) is 20.9 Å². The second-order valence-corrected chi connectivity index (χ2v) is 11.1. The lowest BCUT2D eigenvalue weighted by molar-refractivity contribution is -0.140. The van der Waals surface area contributed by atoms with E-state index in [2.05, 4.69) is 17.4 Å². The van der Waals surface area contributed by atoms with Crippen LogP contribution in [0.25, 0.3) is 0 Å². The molecule has 6 heteroatoms. The number of methoxy groups -OCH3 is 1. The van der Waals surface area contributed by atoms with Gasteiger partial charge in [-0.3, -0.25) is 4.79 Å². The Morgan fingerprint density at radius 1 is 0.927 bits per heavy atom. The van der Waals surface area contributed by atoms with Crippen molar-refractivity contribution in [3.63, 3.8) is 0 Å². The highest BCUT2D eigenvalue weighted by Crippen LogP contribution is 2.47. The summed E-state index contributed by atoms with van der Waals surface area (Å²) in [5.74, 6) is 0.426. The average Bonchev–Trinajstić information content (AvgIpc) is 2.99. The third-order valence-corrected chi connectivity index (χ3v) is 7.62. The number of allylic oxidation sites excluding steroid dienone is 3. The van der Waals surface area contributed by atoms with Crippen molar-refractivity contribution < 1.29 is 23.8 Å². The first-order valence-electron chi connectivity index (χ1n) is 14.2. The molecule has 0 spiro atoms. The molecule has 3 aromatic carbocycles. The molecule has 0 bridgehead atoms. The van der Waals surface area contributed by atoms with Gasteiger partial charge in [-0.05, 0) is 54.0 Å². The molecule has 1 aliphatic carbocycles. The number of ether oxygens (including phenoxy) is 3. The van der Waals surface area contributed by atoms with Crippen LogP contribution in [0.2, 0.25) is 0 Å². The molecule has 0 fully saturated rings. The molecule has 3 aromatic rings. The maximum Gasteiger partial charge on any atom is 0.336 e. The van der Waals surface area contributed by atoms with Gasteiger partial charge in [0.05, 0.1) is 19.3 Å². The van der Waals surface area contributed by atoms with Crippen LogP contribution in [0.1, 0.15) is 62.1 Å². The maximum atomic E-state index is 13.9. The summed E-state index contributed by atoms with van der Waals surface area (Å²) in [6.45, 7) is 6.57. The lowest BCUT2D eigenvalue weighted by atomic mass is 9.71. The Hall–Kier alpha value is -4.32. The van der Waals surface area contributed by atoms with Gasteiger partial charge in [0.2, 0.25) is 0 Å². The minimum atomic E-state index is -0.577. The lowest BCUT2D eigenvalue weighted by Crippen LogP contribution is -2.36. The van der Waals surface area contributed by atoms with Crippen LogP contribution < -0.4 is 14.8 Å². The Kier molecular flexibility index (Phi) is 8.58. The van der Waals surface area contributed by atoms with E-state index in [9.17, 15) is 9.59 Å². The number of rotatable bonds is 9. The van der Waals surface area contributed by atoms with Crippen molar-refractivity contribution in [1.82, 2.24) is 5.32 Å². The highest BCUT2D eigenvalue weighted by molar-refractivity contribution is 6.04. The summed E-state index contributed by atoms with van der Waals surface area (Å²) in [7, 11) is 1.59. The molecule has 1 heterocycles.